The predicted molar refractivity (Wildman–Crippen MR) is 95.4 cm³/mol. The minimum absolute atomic E-state index is 0.0267. The average molecular weight is 375 g/mol. The molecule has 7 nitrogen and oxygen atoms in total. The van der Waals surface area contributed by atoms with Crippen molar-refractivity contribution in [2.24, 2.45) is 5.92 Å². The fourth-order valence-corrected chi connectivity index (χ4v) is 3.86. The summed E-state index contributed by atoms with van der Waals surface area (Å²) in [6, 6.07) is 5.89. The standard InChI is InChI=1S/C18H19ClN4O3/c1-11-4-2-3-7-18(11)16(25)23(17(26)22-18)10-15(24)21-14-8-13(19)6-5-12(14)9-20/h5-6,8,11H,2-4,7,10H2,1H3,(H,21,24)(H,22,26)/t11-,18+/m1/s1. The van der Waals surface area contributed by atoms with E-state index in [2.05, 4.69) is 10.6 Å². The Morgan fingerprint density at radius 2 is 2.23 bits per heavy atom. The number of hydrogen-bond donors (Lipinski definition) is 2. The first kappa shape index (κ1) is 18.2. The zero-order valence-corrected chi connectivity index (χ0v) is 15.1. The molecule has 26 heavy (non-hydrogen) atoms. The molecular formula is C18H19ClN4O3. The van der Waals surface area contributed by atoms with Gasteiger partial charge >= 0.3 is 6.03 Å². The molecule has 1 heterocycles. The predicted octanol–water partition coefficient (Wildman–Crippen LogP) is 2.65. The Kier molecular flexibility index (Phi) is 4.88. The fraction of sp³-hybridized carbons (Fsp3) is 0.444. The maximum absolute atomic E-state index is 12.9. The van der Waals surface area contributed by atoms with Crippen molar-refractivity contribution < 1.29 is 14.4 Å². The Labute approximate surface area is 156 Å². The van der Waals surface area contributed by atoms with Gasteiger partial charge in [-0.15, -0.1) is 0 Å². The van der Waals surface area contributed by atoms with Crippen LogP contribution >= 0.6 is 11.6 Å². The monoisotopic (exact) mass is 374 g/mol. The normalized spacial score (nSPS) is 25.1. The Bertz CT molecular complexity index is 819. The zero-order chi connectivity index (χ0) is 18.9. The number of nitrogens with zero attached hydrogens (tertiary/aromatic N) is 2. The highest BCUT2D eigenvalue weighted by Crippen LogP contribution is 2.38. The van der Waals surface area contributed by atoms with E-state index in [1.165, 1.54) is 12.1 Å². The lowest BCUT2D eigenvalue weighted by molar-refractivity contribution is -0.136. The molecule has 8 heteroatoms. The second-order valence-corrected chi connectivity index (χ2v) is 7.23. The van der Waals surface area contributed by atoms with Gasteiger partial charge in [0.25, 0.3) is 5.91 Å². The number of urea groups is 1. The van der Waals surface area contributed by atoms with Crippen LogP contribution in [0.2, 0.25) is 5.02 Å². The minimum Gasteiger partial charge on any atom is -0.323 e. The topological polar surface area (TPSA) is 102 Å². The number of hydrogen-bond acceptors (Lipinski definition) is 4. The van der Waals surface area contributed by atoms with Crippen molar-refractivity contribution in [3.05, 3.63) is 28.8 Å². The number of benzene rings is 1. The molecule has 0 aromatic heterocycles. The van der Waals surface area contributed by atoms with Gasteiger partial charge in [-0.2, -0.15) is 5.26 Å². The average Bonchev–Trinajstić information content (AvgIpc) is 2.83. The van der Waals surface area contributed by atoms with Gasteiger partial charge in [0.2, 0.25) is 5.91 Å². The highest BCUT2D eigenvalue weighted by atomic mass is 35.5. The number of carbonyl (C=O) groups is 3. The molecule has 2 N–H and O–H groups in total. The molecule has 1 aliphatic carbocycles. The molecule has 2 atom stereocenters. The largest absolute Gasteiger partial charge is 0.325 e. The van der Waals surface area contributed by atoms with Gasteiger partial charge in [0.15, 0.2) is 0 Å². The van der Waals surface area contributed by atoms with Crippen LogP contribution in [0.15, 0.2) is 18.2 Å². The maximum atomic E-state index is 12.9. The van der Waals surface area contributed by atoms with Crippen molar-refractivity contribution in [1.82, 2.24) is 10.2 Å². The molecule has 1 aromatic carbocycles. The van der Waals surface area contributed by atoms with E-state index >= 15 is 0 Å². The third-order valence-corrected chi connectivity index (χ3v) is 5.41. The van der Waals surface area contributed by atoms with E-state index in [9.17, 15) is 14.4 Å². The molecule has 1 saturated heterocycles. The second-order valence-electron chi connectivity index (χ2n) is 6.79. The second kappa shape index (κ2) is 6.96. The smallest absolute Gasteiger partial charge is 0.323 e. The molecule has 1 saturated carbocycles. The highest BCUT2D eigenvalue weighted by Gasteiger charge is 2.55. The number of amides is 4. The van der Waals surface area contributed by atoms with Gasteiger partial charge in [-0.05, 0) is 37.0 Å². The highest BCUT2D eigenvalue weighted by molar-refractivity contribution is 6.31. The molecule has 1 spiro atoms. The number of rotatable bonds is 3. The first-order valence-electron chi connectivity index (χ1n) is 8.51. The first-order valence-corrected chi connectivity index (χ1v) is 8.89. The van der Waals surface area contributed by atoms with Crippen molar-refractivity contribution in [3.63, 3.8) is 0 Å². The van der Waals surface area contributed by atoms with Crippen LogP contribution in [0.5, 0.6) is 0 Å². The molecule has 0 bridgehead atoms. The van der Waals surface area contributed by atoms with E-state index in [1.807, 2.05) is 13.0 Å². The van der Waals surface area contributed by atoms with Crippen LogP contribution in [0.1, 0.15) is 38.2 Å². The molecule has 0 radical (unpaired) electrons. The number of halogens is 1. The molecule has 4 amide bonds. The number of nitriles is 1. The summed E-state index contributed by atoms with van der Waals surface area (Å²) in [6.45, 7) is 1.54. The Hall–Kier alpha value is -2.59. The van der Waals surface area contributed by atoms with Gasteiger partial charge in [-0.1, -0.05) is 31.4 Å². The zero-order valence-electron chi connectivity index (χ0n) is 14.3. The van der Waals surface area contributed by atoms with Gasteiger partial charge < -0.3 is 10.6 Å². The van der Waals surface area contributed by atoms with Crippen LogP contribution in [0.3, 0.4) is 0 Å². The summed E-state index contributed by atoms with van der Waals surface area (Å²) in [4.78, 5) is 38.5. The summed E-state index contributed by atoms with van der Waals surface area (Å²) in [5, 5.41) is 14.8. The van der Waals surface area contributed by atoms with Crippen molar-refractivity contribution in [1.29, 1.82) is 5.26 Å². The summed E-state index contributed by atoms with van der Waals surface area (Å²) in [7, 11) is 0. The first-order chi connectivity index (χ1) is 12.4. The van der Waals surface area contributed by atoms with Crippen LogP contribution in [-0.4, -0.2) is 34.8 Å². The molecule has 136 valence electrons. The van der Waals surface area contributed by atoms with Crippen LogP contribution in [0.25, 0.3) is 0 Å². The van der Waals surface area contributed by atoms with Crippen molar-refractivity contribution in [2.75, 3.05) is 11.9 Å². The van der Waals surface area contributed by atoms with Gasteiger partial charge in [0.1, 0.15) is 18.2 Å². The minimum atomic E-state index is -0.899. The van der Waals surface area contributed by atoms with Gasteiger partial charge in [0.05, 0.1) is 11.3 Å². The summed E-state index contributed by atoms with van der Waals surface area (Å²) >= 11 is 5.90. The van der Waals surface area contributed by atoms with Crippen LogP contribution < -0.4 is 10.6 Å². The SMILES string of the molecule is C[C@@H]1CCCC[C@]12NC(=O)N(CC(=O)Nc1cc(Cl)ccc1C#N)C2=O. The molecule has 1 aromatic rings. The Morgan fingerprint density at radius 3 is 2.92 bits per heavy atom. The molecular weight excluding hydrogens is 356 g/mol. The van der Waals surface area contributed by atoms with Crippen LogP contribution in [0.4, 0.5) is 10.5 Å². The maximum Gasteiger partial charge on any atom is 0.325 e. The molecule has 2 aliphatic rings. The van der Waals surface area contributed by atoms with E-state index in [0.29, 0.717) is 11.4 Å². The molecule has 3 rings (SSSR count). The van der Waals surface area contributed by atoms with E-state index < -0.39 is 24.0 Å². The lowest BCUT2D eigenvalue weighted by atomic mass is 9.73. The van der Waals surface area contributed by atoms with Gasteiger partial charge in [-0.25, -0.2) is 4.79 Å². The van der Waals surface area contributed by atoms with Crippen molar-refractivity contribution in [3.8, 4) is 6.07 Å². The van der Waals surface area contributed by atoms with Crippen molar-refractivity contribution >= 4 is 35.1 Å². The summed E-state index contributed by atoms with van der Waals surface area (Å²) in [5.41, 5.74) is -0.404. The third-order valence-electron chi connectivity index (χ3n) is 5.18. The third kappa shape index (κ3) is 3.13. The molecule has 1 aliphatic heterocycles. The molecule has 0 unspecified atom stereocenters. The fourth-order valence-electron chi connectivity index (χ4n) is 3.69. The summed E-state index contributed by atoms with van der Waals surface area (Å²) in [6.07, 6.45) is 3.34. The molecule has 2 fully saturated rings. The van der Waals surface area contributed by atoms with E-state index in [0.717, 1.165) is 24.2 Å². The summed E-state index contributed by atoms with van der Waals surface area (Å²) < 4.78 is 0. The van der Waals surface area contributed by atoms with Crippen molar-refractivity contribution in [2.45, 2.75) is 38.1 Å². The van der Waals surface area contributed by atoms with E-state index in [-0.39, 0.29) is 23.1 Å². The number of carbonyl (C=O) groups excluding carboxylic acids is 3. The lowest BCUT2D eigenvalue weighted by Gasteiger charge is -2.36. The Balaban J connectivity index is 1.74. The van der Waals surface area contributed by atoms with Gasteiger partial charge in [-0.3, -0.25) is 14.5 Å². The lowest BCUT2D eigenvalue weighted by Crippen LogP contribution is -2.54. The van der Waals surface area contributed by atoms with Crippen LogP contribution in [0, 0.1) is 17.2 Å². The quantitative estimate of drug-likeness (QED) is 0.794. The number of anilines is 1. The Morgan fingerprint density at radius 1 is 1.46 bits per heavy atom. The van der Waals surface area contributed by atoms with E-state index in [4.69, 9.17) is 16.9 Å². The van der Waals surface area contributed by atoms with Crippen LogP contribution in [-0.2, 0) is 9.59 Å². The number of imide groups is 1. The summed E-state index contributed by atoms with van der Waals surface area (Å²) in [5.74, 6) is -0.886. The van der Waals surface area contributed by atoms with Gasteiger partial charge in [0, 0.05) is 5.02 Å². The van der Waals surface area contributed by atoms with E-state index in [1.54, 1.807) is 6.07 Å². The number of nitrogens with one attached hydrogen (secondary N) is 2.